The first-order chi connectivity index (χ1) is 9.70. The van der Waals surface area contributed by atoms with Gasteiger partial charge in [0.15, 0.2) is 0 Å². The van der Waals surface area contributed by atoms with E-state index in [2.05, 4.69) is 40.2 Å². The Bertz CT molecular complexity index is 599. The molecule has 3 unspecified atom stereocenters. The van der Waals surface area contributed by atoms with Gasteiger partial charge in [-0.05, 0) is 29.9 Å². The maximum atomic E-state index is 14.1. The summed E-state index contributed by atoms with van der Waals surface area (Å²) in [5, 5.41) is 0. The zero-order chi connectivity index (χ0) is 14.1. The van der Waals surface area contributed by atoms with Crippen molar-refractivity contribution in [1.29, 1.82) is 0 Å². The molecule has 1 fully saturated rings. The highest BCUT2D eigenvalue weighted by atomic mass is 79.9. The van der Waals surface area contributed by atoms with Crippen molar-refractivity contribution in [1.82, 2.24) is 0 Å². The second-order valence-electron chi connectivity index (χ2n) is 5.21. The van der Waals surface area contributed by atoms with Gasteiger partial charge in [0.1, 0.15) is 11.6 Å². The molecule has 1 nitrogen and oxygen atoms in total. The van der Waals surface area contributed by atoms with Gasteiger partial charge in [-0.1, -0.05) is 52.3 Å². The molecular formula is C17H16BrFO. The molecule has 0 N–H and O–H groups in total. The number of methoxy groups -OCH3 is 1. The minimum Gasteiger partial charge on any atom is -0.497 e. The summed E-state index contributed by atoms with van der Waals surface area (Å²) in [6.45, 7) is 0. The number of rotatable bonds is 4. The molecule has 1 aliphatic rings. The van der Waals surface area contributed by atoms with Crippen LogP contribution >= 0.6 is 15.9 Å². The molecule has 104 valence electrons. The Hall–Kier alpha value is -1.35. The second-order valence-corrected chi connectivity index (χ2v) is 6.19. The van der Waals surface area contributed by atoms with E-state index in [9.17, 15) is 4.39 Å². The molecule has 2 aromatic carbocycles. The highest BCUT2D eigenvalue weighted by Crippen LogP contribution is 2.57. The van der Waals surface area contributed by atoms with E-state index in [1.807, 2.05) is 18.2 Å². The van der Waals surface area contributed by atoms with Gasteiger partial charge in [-0.2, -0.15) is 0 Å². The zero-order valence-electron chi connectivity index (χ0n) is 11.2. The predicted molar refractivity (Wildman–Crippen MR) is 81.9 cm³/mol. The summed E-state index contributed by atoms with van der Waals surface area (Å²) >= 11 is 3.67. The highest BCUT2D eigenvalue weighted by Gasteiger charge is 2.44. The highest BCUT2D eigenvalue weighted by molar-refractivity contribution is 9.09. The van der Waals surface area contributed by atoms with Crippen LogP contribution in [0.2, 0.25) is 0 Å². The normalized spacial score (nSPS) is 22.4. The Morgan fingerprint density at radius 2 is 1.95 bits per heavy atom. The van der Waals surface area contributed by atoms with Gasteiger partial charge in [-0.3, -0.25) is 0 Å². The summed E-state index contributed by atoms with van der Waals surface area (Å²) in [6, 6.07) is 15.5. The summed E-state index contributed by atoms with van der Waals surface area (Å²) in [5.41, 5.74) is 2.06. The number of benzene rings is 2. The third kappa shape index (κ3) is 2.59. The standard InChI is InChI=1S/C17H16BrFO/c1-20-12-7-8-13(16(19)9-12)17(18)15-10-14(15)11-5-3-2-4-6-11/h2-9,14-15,17H,10H2,1H3. The monoisotopic (exact) mass is 334 g/mol. The van der Waals surface area contributed by atoms with Crippen LogP contribution in [-0.2, 0) is 0 Å². The minimum absolute atomic E-state index is 0.0543. The number of ether oxygens (including phenoxy) is 1. The van der Waals surface area contributed by atoms with Crippen molar-refractivity contribution in [3.63, 3.8) is 0 Å². The smallest absolute Gasteiger partial charge is 0.131 e. The molecule has 3 rings (SSSR count). The maximum absolute atomic E-state index is 14.1. The van der Waals surface area contributed by atoms with Gasteiger partial charge in [-0.25, -0.2) is 4.39 Å². The fourth-order valence-electron chi connectivity index (χ4n) is 2.71. The van der Waals surface area contributed by atoms with Crippen LogP contribution < -0.4 is 4.74 Å². The van der Waals surface area contributed by atoms with Crippen molar-refractivity contribution in [3.8, 4) is 5.75 Å². The topological polar surface area (TPSA) is 9.23 Å². The summed E-state index contributed by atoms with van der Waals surface area (Å²) < 4.78 is 19.1. The molecule has 1 aliphatic carbocycles. The molecule has 0 aliphatic heterocycles. The first-order valence-corrected chi connectivity index (χ1v) is 7.64. The fourth-order valence-corrected chi connectivity index (χ4v) is 3.67. The lowest BCUT2D eigenvalue weighted by atomic mass is 10.0. The van der Waals surface area contributed by atoms with Crippen LogP contribution in [0.1, 0.15) is 28.3 Å². The fraction of sp³-hybridized carbons (Fsp3) is 0.294. The van der Waals surface area contributed by atoms with Crippen molar-refractivity contribution in [2.45, 2.75) is 17.2 Å². The van der Waals surface area contributed by atoms with Crippen LogP contribution in [0.3, 0.4) is 0 Å². The van der Waals surface area contributed by atoms with E-state index in [4.69, 9.17) is 4.74 Å². The average Bonchev–Trinajstić information content (AvgIpc) is 3.28. The zero-order valence-corrected chi connectivity index (χ0v) is 12.8. The van der Waals surface area contributed by atoms with Crippen LogP contribution in [0.4, 0.5) is 4.39 Å². The van der Waals surface area contributed by atoms with Crippen molar-refractivity contribution < 1.29 is 9.13 Å². The summed E-state index contributed by atoms with van der Waals surface area (Å²) in [6.07, 6.45) is 1.10. The third-order valence-electron chi connectivity index (χ3n) is 3.95. The molecule has 0 heterocycles. The molecule has 0 spiro atoms. The van der Waals surface area contributed by atoms with E-state index in [0.717, 1.165) is 6.42 Å². The van der Waals surface area contributed by atoms with Crippen molar-refractivity contribution in [2.75, 3.05) is 7.11 Å². The van der Waals surface area contributed by atoms with E-state index in [1.54, 1.807) is 7.11 Å². The van der Waals surface area contributed by atoms with Gasteiger partial charge in [0, 0.05) is 16.5 Å². The van der Waals surface area contributed by atoms with E-state index in [0.29, 0.717) is 23.1 Å². The first-order valence-electron chi connectivity index (χ1n) is 6.73. The van der Waals surface area contributed by atoms with Gasteiger partial charge in [-0.15, -0.1) is 0 Å². The molecule has 0 bridgehead atoms. The molecule has 2 aromatic rings. The molecule has 1 saturated carbocycles. The molecular weight excluding hydrogens is 319 g/mol. The Balaban J connectivity index is 1.76. The molecule has 20 heavy (non-hydrogen) atoms. The van der Waals surface area contributed by atoms with Crippen molar-refractivity contribution in [2.24, 2.45) is 5.92 Å². The predicted octanol–water partition coefficient (Wildman–Crippen LogP) is 5.07. The van der Waals surface area contributed by atoms with E-state index in [-0.39, 0.29) is 10.6 Å². The quantitative estimate of drug-likeness (QED) is 0.709. The number of hydrogen-bond donors (Lipinski definition) is 0. The van der Waals surface area contributed by atoms with E-state index < -0.39 is 0 Å². The molecule has 0 amide bonds. The molecule has 3 heteroatoms. The van der Waals surface area contributed by atoms with Crippen LogP contribution in [0.15, 0.2) is 48.5 Å². The second kappa shape index (κ2) is 5.57. The minimum atomic E-state index is -0.204. The Morgan fingerprint density at radius 1 is 1.20 bits per heavy atom. The van der Waals surface area contributed by atoms with Crippen LogP contribution in [0, 0.1) is 11.7 Å². The van der Waals surface area contributed by atoms with Gasteiger partial charge in [0.2, 0.25) is 0 Å². The summed E-state index contributed by atoms with van der Waals surface area (Å²) in [4.78, 5) is 0.0543. The Kier molecular flexibility index (Phi) is 3.79. The maximum Gasteiger partial charge on any atom is 0.131 e. The number of alkyl halides is 1. The first kappa shape index (κ1) is 13.6. The van der Waals surface area contributed by atoms with Gasteiger partial charge >= 0.3 is 0 Å². The van der Waals surface area contributed by atoms with Gasteiger partial charge < -0.3 is 4.74 Å². The SMILES string of the molecule is COc1ccc(C(Br)C2CC2c2ccccc2)c(F)c1. The van der Waals surface area contributed by atoms with Crippen LogP contribution in [0.25, 0.3) is 0 Å². The van der Waals surface area contributed by atoms with Crippen molar-refractivity contribution in [3.05, 3.63) is 65.5 Å². The molecule has 0 radical (unpaired) electrons. The number of halogens is 2. The average molecular weight is 335 g/mol. The largest absolute Gasteiger partial charge is 0.497 e. The van der Waals surface area contributed by atoms with E-state index in [1.165, 1.54) is 11.6 Å². The Morgan fingerprint density at radius 3 is 2.60 bits per heavy atom. The van der Waals surface area contributed by atoms with Gasteiger partial charge in [0.05, 0.1) is 7.11 Å². The third-order valence-corrected chi connectivity index (χ3v) is 5.12. The summed E-state index contributed by atoms with van der Waals surface area (Å²) in [7, 11) is 1.55. The lowest BCUT2D eigenvalue weighted by Crippen LogP contribution is -1.99. The number of hydrogen-bond acceptors (Lipinski definition) is 1. The van der Waals surface area contributed by atoms with Crippen LogP contribution in [0.5, 0.6) is 5.75 Å². The van der Waals surface area contributed by atoms with Crippen molar-refractivity contribution >= 4 is 15.9 Å². The van der Waals surface area contributed by atoms with E-state index >= 15 is 0 Å². The van der Waals surface area contributed by atoms with Gasteiger partial charge in [0.25, 0.3) is 0 Å². The molecule has 3 atom stereocenters. The van der Waals surface area contributed by atoms with Crippen LogP contribution in [-0.4, -0.2) is 7.11 Å². The Labute approximate surface area is 126 Å². The molecule has 0 saturated heterocycles. The lowest BCUT2D eigenvalue weighted by molar-refractivity contribution is 0.410. The molecule has 0 aromatic heterocycles. The lowest BCUT2D eigenvalue weighted by Gasteiger charge is -2.12. The summed E-state index contributed by atoms with van der Waals surface area (Å²) in [5.74, 6) is 1.34.